The fourth-order valence-corrected chi connectivity index (χ4v) is 2.24. The van der Waals surface area contributed by atoms with Crippen LogP contribution in [-0.4, -0.2) is 10.2 Å². The second kappa shape index (κ2) is 5.28. The van der Waals surface area contributed by atoms with E-state index in [-0.39, 0.29) is 16.9 Å². The van der Waals surface area contributed by atoms with Crippen molar-refractivity contribution in [1.29, 1.82) is 0 Å². The zero-order valence-corrected chi connectivity index (χ0v) is 13.1. The predicted molar refractivity (Wildman–Crippen MR) is 88.6 cm³/mol. The van der Waals surface area contributed by atoms with Crippen LogP contribution >= 0.6 is 0 Å². The number of rotatable bonds is 2. The molecular formula is C19H22O2. The van der Waals surface area contributed by atoms with Crippen molar-refractivity contribution in [2.75, 3.05) is 0 Å². The van der Waals surface area contributed by atoms with Crippen LogP contribution in [0.2, 0.25) is 0 Å². The molecule has 0 aliphatic rings. The van der Waals surface area contributed by atoms with Gasteiger partial charge in [0, 0.05) is 11.1 Å². The minimum Gasteiger partial charge on any atom is -0.507 e. The molecule has 2 aromatic carbocycles. The van der Waals surface area contributed by atoms with Gasteiger partial charge < -0.3 is 10.2 Å². The molecule has 2 nitrogen and oxygen atoms in total. The van der Waals surface area contributed by atoms with Gasteiger partial charge in [0.2, 0.25) is 0 Å². The van der Waals surface area contributed by atoms with E-state index in [2.05, 4.69) is 27.4 Å². The third kappa shape index (κ3) is 3.10. The van der Waals surface area contributed by atoms with Crippen molar-refractivity contribution in [3.8, 4) is 22.6 Å². The van der Waals surface area contributed by atoms with Gasteiger partial charge in [0.05, 0.1) is 0 Å². The number of allylic oxidation sites excluding steroid dienone is 1. The Bertz CT molecular complexity index is 691. The monoisotopic (exact) mass is 282 g/mol. The first-order valence-corrected chi connectivity index (χ1v) is 7.03. The summed E-state index contributed by atoms with van der Waals surface area (Å²) in [6.45, 7) is 12.2. The van der Waals surface area contributed by atoms with Crippen molar-refractivity contribution in [2.24, 2.45) is 0 Å². The molecule has 0 fully saturated rings. The second-order valence-corrected chi connectivity index (χ2v) is 6.49. The number of hydrogen-bond acceptors (Lipinski definition) is 2. The number of hydrogen-bond donors (Lipinski definition) is 2. The van der Waals surface area contributed by atoms with Crippen LogP contribution in [0.15, 0.2) is 43.0 Å². The highest BCUT2D eigenvalue weighted by Crippen LogP contribution is 2.39. The minimum atomic E-state index is -0.0238. The number of benzene rings is 2. The van der Waals surface area contributed by atoms with E-state index in [0.29, 0.717) is 11.1 Å². The molecule has 0 radical (unpaired) electrons. The first-order valence-electron chi connectivity index (χ1n) is 7.03. The summed E-state index contributed by atoms with van der Waals surface area (Å²) >= 11 is 0. The average molecular weight is 282 g/mol. The van der Waals surface area contributed by atoms with Crippen LogP contribution in [0.25, 0.3) is 16.7 Å². The van der Waals surface area contributed by atoms with E-state index in [9.17, 15) is 10.2 Å². The maximum absolute atomic E-state index is 10.2. The summed E-state index contributed by atoms with van der Waals surface area (Å²) in [7, 11) is 0. The summed E-state index contributed by atoms with van der Waals surface area (Å²) in [5.41, 5.74) is 4.22. The van der Waals surface area contributed by atoms with E-state index in [1.807, 2.05) is 31.2 Å². The molecule has 0 aliphatic heterocycles. The van der Waals surface area contributed by atoms with E-state index >= 15 is 0 Å². The van der Waals surface area contributed by atoms with Gasteiger partial charge in [-0.05, 0) is 47.7 Å². The van der Waals surface area contributed by atoms with Gasteiger partial charge in [0.25, 0.3) is 0 Å². The topological polar surface area (TPSA) is 40.5 Å². The largest absolute Gasteiger partial charge is 0.507 e. The predicted octanol–water partition coefficient (Wildman–Crippen LogP) is 5.10. The Kier molecular flexibility index (Phi) is 3.82. The molecule has 2 rings (SSSR count). The third-order valence-corrected chi connectivity index (χ3v) is 3.64. The van der Waals surface area contributed by atoms with Gasteiger partial charge in [0.15, 0.2) is 0 Å². The molecular weight excluding hydrogens is 260 g/mol. The van der Waals surface area contributed by atoms with E-state index in [4.69, 9.17) is 0 Å². The number of phenols is 2. The van der Waals surface area contributed by atoms with Crippen molar-refractivity contribution < 1.29 is 10.2 Å². The molecule has 2 heteroatoms. The second-order valence-electron chi connectivity index (χ2n) is 6.49. The molecule has 0 atom stereocenters. The average Bonchev–Trinajstić information content (AvgIpc) is 2.38. The zero-order valence-electron chi connectivity index (χ0n) is 13.1. The standard InChI is InChI=1S/C19H22O2/c1-12(2)13-6-8-17(20)15(10-13)16-11-14(19(3,4)5)7-9-18(16)21/h6-11,20-21H,1H2,2-5H3. The quantitative estimate of drug-likeness (QED) is 0.805. The lowest BCUT2D eigenvalue weighted by atomic mass is 9.85. The van der Waals surface area contributed by atoms with E-state index in [1.165, 1.54) is 0 Å². The Hall–Kier alpha value is -2.22. The van der Waals surface area contributed by atoms with Gasteiger partial charge in [0.1, 0.15) is 11.5 Å². The number of aromatic hydroxyl groups is 2. The van der Waals surface area contributed by atoms with Gasteiger partial charge in [-0.3, -0.25) is 0 Å². The van der Waals surface area contributed by atoms with Gasteiger partial charge in [-0.15, -0.1) is 0 Å². The van der Waals surface area contributed by atoms with Gasteiger partial charge >= 0.3 is 0 Å². The maximum atomic E-state index is 10.2. The molecule has 0 amide bonds. The molecule has 0 saturated heterocycles. The fraction of sp³-hybridized carbons (Fsp3) is 0.263. The first-order chi connectivity index (χ1) is 9.70. The summed E-state index contributed by atoms with van der Waals surface area (Å²) in [6, 6.07) is 10.9. The smallest absolute Gasteiger partial charge is 0.123 e. The van der Waals surface area contributed by atoms with Crippen LogP contribution in [0, 0.1) is 0 Å². The van der Waals surface area contributed by atoms with Gasteiger partial charge in [-0.2, -0.15) is 0 Å². The lowest BCUT2D eigenvalue weighted by Gasteiger charge is -2.21. The van der Waals surface area contributed by atoms with Crippen LogP contribution in [0.5, 0.6) is 11.5 Å². The molecule has 0 bridgehead atoms. The molecule has 0 heterocycles. The normalized spacial score (nSPS) is 11.4. The summed E-state index contributed by atoms with van der Waals surface area (Å²) in [5, 5.41) is 20.3. The Morgan fingerprint density at radius 2 is 1.43 bits per heavy atom. The molecule has 0 saturated carbocycles. The Labute approximate surface area is 126 Å². The van der Waals surface area contributed by atoms with E-state index in [0.717, 1.165) is 16.7 Å². The zero-order chi connectivity index (χ0) is 15.8. The first kappa shape index (κ1) is 15.2. The van der Waals surface area contributed by atoms with Gasteiger partial charge in [-0.1, -0.05) is 45.1 Å². The molecule has 0 spiro atoms. The fourth-order valence-electron chi connectivity index (χ4n) is 2.24. The highest BCUT2D eigenvalue weighted by atomic mass is 16.3. The van der Waals surface area contributed by atoms with E-state index in [1.54, 1.807) is 12.1 Å². The Balaban J connectivity index is 2.66. The lowest BCUT2D eigenvalue weighted by Crippen LogP contribution is -2.10. The number of phenolic OH excluding ortho intramolecular Hbond substituents is 2. The molecule has 110 valence electrons. The van der Waals surface area contributed by atoms with Crippen LogP contribution < -0.4 is 0 Å². The maximum Gasteiger partial charge on any atom is 0.123 e. The molecule has 2 N–H and O–H groups in total. The summed E-state index contributed by atoms with van der Waals surface area (Å²) < 4.78 is 0. The molecule has 21 heavy (non-hydrogen) atoms. The Morgan fingerprint density at radius 1 is 0.905 bits per heavy atom. The highest BCUT2D eigenvalue weighted by molar-refractivity contribution is 5.79. The van der Waals surface area contributed by atoms with Crippen molar-refractivity contribution >= 4 is 5.57 Å². The van der Waals surface area contributed by atoms with Crippen molar-refractivity contribution in [2.45, 2.75) is 33.1 Å². The lowest BCUT2D eigenvalue weighted by molar-refractivity contribution is 0.468. The highest BCUT2D eigenvalue weighted by Gasteiger charge is 2.17. The SMILES string of the molecule is C=C(C)c1ccc(O)c(-c2cc(C(C)(C)C)ccc2O)c1. The molecule has 2 aromatic rings. The van der Waals surface area contributed by atoms with Crippen molar-refractivity contribution in [3.63, 3.8) is 0 Å². The van der Waals surface area contributed by atoms with Crippen LogP contribution in [0.4, 0.5) is 0 Å². The van der Waals surface area contributed by atoms with Crippen LogP contribution in [0.3, 0.4) is 0 Å². The summed E-state index contributed by atoms with van der Waals surface area (Å²) in [5.74, 6) is 0.318. The Morgan fingerprint density at radius 3 is 1.95 bits per heavy atom. The molecule has 0 unspecified atom stereocenters. The van der Waals surface area contributed by atoms with Gasteiger partial charge in [-0.25, -0.2) is 0 Å². The van der Waals surface area contributed by atoms with Crippen molar-refractivity contribution in [3.05, 3.63) is 54.1 Å². The minimum absolute atomic E-state index is 0.0238. The van der Waals surface area contributed by atoms with Crippen LogP contribution in [-0.2, 0) is 5.41 Å². The summed E-state index contributed by atoms with van der Waals surface area (Å²) in [6.07, 6.45) is 0. The molecule has 0 aliphatic carbocycles. The van der Waals surface area contributed by atoms with Crippen molar-refractivity contribution in [1.82, 2.24) is 0 Å². The third-order valence-electron chi connectivity index (χ3n) is 3.64. The molecule has 0 aromatic heterocycles. The summed E-state index contributed by atoms with van der Waals surface area (Å²) in [4.78, 5) is 0. The van der Waals surface area contributed by atoms with Crippen LogP contribution in [0.1, 0.15) is 38.8 Å². The van der Waals surface area contributed by atoms with E-state index < -0.39 is 0 Å².